The Morgan fingerprint density at radius 3 is 2.57 bits per heavy atom. The Balaban J connectivity index is 2.12. The number of carboxylic acids is 1. The highest BCUT2D eigenvalue weighted by Crippen LogP contribution is 2.24. The normalized spacial score (nSPS) is 18.7. The fraction of sp³-hybridized carbons (Fsp3) is 0.412. The van der Waals surface area contributed by atoms with Crippen molar-refractivity contribution in [2.75, 3.05) is 18.6 Å². The molecule has 23 heavy (non-hydrogen) atoms. The molecule has 2 unspecified atom stereocenters. The highest BCUT2D eigenvalue weighted by atomic mass is 32.2. The maximum atomic E-state index is 12.4. The summed E-state index contributed by atoms with van der Waals surface area (Å²) in [6, 6.07) is 7.32. The molecule has 6 heteroatoms. The molecule has 0 aliphatic carbocycles. The highest BCUT2D eigenvalue weighted by Gasteiger charge is 2.35. The average molecular weight is 351 g/mol. The summed E-state index contributed by atoms with van der Waals surface area (Å²) in [4.78, 5) is 26.4. The van der Waals surface area contributed by atoms with Gasteiger partial charge in [-0.1, -0.05) is 19.1 Å². The monoisotopic (exact) mass is 351 g/mol. The number of carbonyl (C=O) groups is 2. The third kappa shape index (κ3) is 4.32. The summed E-state index contributed by atoms with van der Waals surface area (Å²) in [6.07, 6.45) is 4.39. The van der Waals surface area contributed by atoms with Gasteiger partial charge in [-0.2, -0.15) is 12.6 Å². The van der Waals surface area contributed by atoms with Crippen molar-refractivity contribution in [3.05, 3.63) is 41.5 Å². The van der Waals surface area contributed by atoms with Gasteiger partial charge in [0.15, 0.2) is 0 Å². The first-order valence-electron chi connectivity index (χ1n) is 7.43. The molecule has 0 aromatic heterocycles. The van der Waals surface area contributed by atoms with E-state index >= 15 is 0 Å². The quantitative estimate of drug-likeness (QED) is 0.470. The van der Waals surface area contributed by atoms with Gasteiger partial charge >= 0.3 is 5.97 Å². The van der Waals surface area contributed by atoms with Crippen LogP contribution in [0.3, 0.4) is 0 Å². The van der Waals surface area contributed by atoms with Crippen molar-refractivity contribution in [1.29, 1.82) is 0 Å². The molecule has 0 saturated heterocycles. The third-order valence-corrected chi connectivity index (χ3v) is 5.22. The molecule has 2 atom stereocenters. The number of rotatable bonds is 6. The Kier molecular flexibility index (Phi) is 6.18. The van der Waals surface area contributed by atoms with Crippen molar-refractivity contribution in [1.82, 2.24) is 4.90 Å². The van der Waals surface area contributed by atoms with E-state index in [-0.39, 0.29) is 11.8 Å². The first-order chi connectivity index (χ1) is 11.0. The first-order valence-corrected chi connectivity index (χ1v) is 9.28. The molecule has 0 fully saturated rings. The molecule has 4 nitrogen and oxygen atoms in total. The molecule has 2 rings (SSSR count). The zero-order valence-corrected chi connectivity index (χ0v) is 14.9. The smallest absolute Gasteiger partial charge is 0.330 e. The predicted molar refractivity (Wildman–Crippen MR) is 96.2 cm³/mol. The Hall–Kier alpha value is -1.40. The Morgan fingerprint density at radius 1 is 1.39 bits per heavy atom. The van der Waals surface area contributed by atoms with Gasteiger partial charge in [0.2, 0.25) is 5.91 Å². The van der Waals surface area contributed by atoms with E-state index in [4.69, 9.17) is 0 Å². The van der Waals surface area contributed by atoms with E-state index in [1.807, 2.05) is 18.4 Å². The van der Waals surface area contributed by atoms with E-state index in [9.17, 15) is 14.7 Å². The standard InChI is InChI=1S/C17H21NO3S2/c1-11(10-22)16(19)18-9-13(8-15(18)17(20)21)7-12-3-5-14(23-2)6-4-12/h3-6,8,11,15,22H,7,9-10H2,1-2H3,(H,20,21). The van der Waals surface area contributed by atoms with Crippen LogP contribution in [0.1, 0.15) is 12.5 Å². The van der Waals surface area contributed by atoms with Crippen LogP contribution in [0.2, 0.25) is 0 Å². The van der Waals surface area contributed by atoms with E-state index < -0.39 is 12.0 Å². The number of aliphatic carboxylic acids is 1. The molecular formula is C17H21NO3S2. The SMILES string of the molecule is CSc1ccc(CC2=CC(C(=O)O)N(C(=O)C(C)CS)C2)cc1. The minimum atomic E-state index is -0.988. The summed E-state index contributed by atoms with van der Waals surface area (Å²) in [5.74, 6) is -1.02. The summed E-state index contributed by atoms with van der Waals surface area (Å²) in [7, 11) is 0. The lowest BCUT2D eigenvalue weighted by atomic mass is 10.1. The molecule has 1 aliphatic rings. The Morgan fingerprint density at radius 2 is 2.04 bits per heavy atom. The molecule has 1 aromatic carbocycles. The topological polar surface area (TPSA) is 57.6 Å². The minimum absolute atomic E-state index is 0.156. The van der Waals surface area contributed by atoms with Crippen LogP contribution in [0.5, 0.6) is 0 Å². The van der Waals surface area contributed by atoms with Crippen LogP contribution < -0.4 is 0 Å². The van der Waals surface area contributed by atoms with Gasteiger partial charge < -0.3 is 10.0 Å². The second-order valence-corrected chi connectivity index (χ2v) is 6.93. The molecule has 1 N–H and O–H groups in total. The number of amides is 1. The van der Waals surface area contributed by atoms with Gasteiger partial charge in [0.05, 0.1) is 0 Å². The van der Waals surface area contributed by atoms with Crippen molar-refractivity contribution in [2.24, 2.45) is 5.92 Å². The molecule has 0 bridgehead atoms. The molecule has 0 saturated carbocycles. The Labute approximate surface area is 146 Å². The number of benzene rings is 1. The van der Waals surface area contributed by atoms with Gasteiger partial charge in [0, 0.05) is 23.1 Å². The predicted octanol–water partition coefficient (Wildman–Crippen LogP) is 2.74. The summed E-state index contributed by atoms with van der Waals surface area (Å²) >= 11 is 5.82. The number of thioether (sulfide) groups is 1. The lowest BCUT2D eigenvalue weighted by Gasteiger charge is -2.24. The number of thiol groups is 1. The molecule has 1 aliphatic heterocycles. The molecule has 124 valence electrons. The Bertz CT molecular complexity index is 613. The molecule has 1 heterocycles. The zero-order chi connectivity index (χ0) is 17.0. The van der Waals surface area contributed by atoms with Gasteiger partial charge in [-0.3, -0.25) is 4.79 Å². The lowest BCUT2D eigenvalue weighted by molar-refractivity contribution is -0.148. The van der Waals surface area contributed by atoms with E-state index in [1.165, 1.54) is 9.80 Å². The highest BCUT2D eigenvalue weighted by molar-refractivity contribution is 7.98. The fourth-order valence-electron chi connectivity index (χ4n) is 2.58. The van der Waals surface area contributed by atoms with Gasteiger partial charge in [-0.25, -0.2) is 4.79 Å². The maximum Gasteiger partial charge on any atom is 0.330 e. The van der Waals surface area contributed by atoms with Crippen LogP contribution >= 0.6 is 24.4 Å². The average Bonchev–Trinajstić information content (AvgIpc) is 2.98. The van der Waals surface area contributed by atoms with Crippen molar-refractivity contribution in [2.45, 2.75) is 24.3 Å². The van der Waals surface area contributed by atoms with Crippen LogP contribution in [-0.2, 0) is 16.0 Å². The largest absolute Gasteiger partial charge is 0.479 e. The molecule has 0 spiro atoms. The maximum absolute atomic E-state index is 12.4. The van der Waals surface area contributed by atoms with Crippen LogP contribution in [0, 0.1) is 5.92 Å². The summed E-state index contributed by atoms with van der Waals surface area (Å²) in [5, 5.41) is 9.38. The van der Waals surface area contributed by atoms with E-state index in [0.29, 0.717) is 18.7 Å². The van der Waals surface area contributed by atoms with Gasteiger partial charge in [0.25, 0.3) is 0 Å². The zero-order valence-electron chi connectivity index (χ0n) is 13.2. The summed E-state index contributed by atoms with van der Waals surface area (Å²) in [5.41, 5.74) is 2.09. The second-order valence-electron chi connectivity index (χ2n) is 5.68. The summed E-state index contributed by atoms with van der Waals surface area (Å²) in [6.45, 7) is 2.14. The van der Waals surface area contributed by atoms with Crippen LogP contribution in [0.4, 0.5) is 0 Å². The van der Waals surface area contributed by atoms with Crippen molar-refractivity contribution in [3.63, 3.8) is 0 Å². The number of nitrogens with zero attached hydrogens (tertiary/aromatic N) is 1. The van der Waals surface area contributed by atoms with Crippen LogP contribution in [-0.4, -0.2) is 46.5 Å². The fourth-order valence-corrected chi connectivity index (χ4v) is 3.15. The van der Waals surface area contributed by atoms with Gasteiger partial charge in [0.1, 0.15) is 6.04 Å². The van der Waals surface area contributed by atoms with Crippen molar-refractivity contribution in [3.8, 4) is 0 Å². The number of hydrogen-bond donors (Lipinski definition) is 2. The number of carbonyl (C=O) groups excluding carboxylic acids is 1. The number of carboxylic acid groups (broad SMARTS) is 1. The van der Waals surface area contributed by atoms with E-state index in [2.05, 4.69) is 24.8 Å². The van der Waals surface area contributed by atoms with E-state index in [0.717, 1.165) is 11.1 Å². The molecule has 1 amide bonds. The van der Waals surface area contributed by atoms with Crippen LogP contribution in [0.25, 0.3) is 0 Å². The van der Waals surface area contributed by atoms with Crippen molar-refractivity contribution < 1.29 is 14.7 Å². The molecule has 1 aromatic rings. The minimum Gasteiger partial charge on any atom is -0.479 e. The van der Waals surface area contributed by atoms with Crippen LogP contribution in [0.15, 0.2) is 40.8 Å². The molecule has 0 radical (unpaired) electrons. The van der Waals surface area contributed by atoms with Gasteiger partial charge in [-0.15, -0.1) is 11.8 Å². The third-order valence-electron chi connectivity index (χ3n) is 3.92. The lowest BCUT2D eigenvalue weighted by Crippen LogP contribution is -2.44. The number of hydrogen-bond acceptors (Lipinski definition) is 4. The van der Waals surface area contributed by atoms with Crippen molar-refractivity contribution >= 4 is 36.3 Å². The van der Waals surface area contributed by atoms with Gasteiger partial charge in [-0.05, 0) is 42.0 Å². The first kappa shape index (κ1) is 17.9. The van der Waals surface area contributed by atoms with E-state index in [1.54, 1.807) is 24.8 Å². The molecular weight excluding hydrogens is 330 g/mol. The summed E-state index contributed by atoms with van der Waals surface area (Å²) < 4.78 is 0. The second kappa shape index (κ2) is 7.93.